The maximum absolute atomic E-state index is 11.1. The van der Waals surface area contributed by atoms with E-state index >= 15 is 0 Å². The number of hydrogen-bond acceptors (Lipinski definition) is 4. The number of allylic oxidation sites excluding steroid dienone is 1. The second-order valence-corrected chi connectivity index (χ2v) is 2.15. The third-order valence-corrected chi connectivity index (χ3v) is 1.39. The van der Waals surface area contributed by atoms with Crippen molar-refractivity contribution >= 4 is 0 Å². The Bertz CT molecular complexity index is 408. The lowest BCUT2D eigenvalue weighted by Crippen LogP contribution is -2.36. The van der Waals surface area contributed by atoms with Gasteiger partial charge >= 0.3 is 11.4 Å². The number of nitrogens with zero attached hydrogens (tertiary/aromatic N) is 3. The van der Waals surface area contributed by atoms with Crippen LogP contribution in [0, 0.1) is 0 Å². The van der Waals surface area contributed by atoms with Crippen LogP contribution < -0.4 is 23.1 Å². The molecule has 4 N–H and O–H groups in total. The maximum atomic E-state index is 11.1. The average molecular weight is 171 g/mol. The summed E-state index contributed by atoms with van der Waals surface area (Å²) in [4.78, 5) is 22.6. The maximum Gasteiger partial charge on any atom is 0.385 e. The van der Waals surface area contributed by atoms with Gasteiger partial charge in [0.25, 0.3) is 0 Å². The van der Waals surface area contributed by atoms with Crippen LogP contribution in [0.25, 0.3) is 0 Å². The Kier molecular flexibility index (Phi) is 1.78. The summed E-state index contributed by atoms with van der Waals surface area (Å²) in [5, 5.41) is 0. The van der Waals surface area contributed by atoms with Crippen LogP contribution in [0.15, 0.2) is 22.2 Å². The van der Waals surface area contributed by atoms with Gasteiger partial charge in [-0.15, -0.1) is 11.4 Å². The third-order valence-electron chi connectivity index (χ3n) is 1.39. The number of aromatic nitrogens is 3. The second-order valence-electron chi connectivity index (χ2n) is 2.15. The minimum absolute atomic E-state index is 0.148. The summed E-state index contributed by atoms with van der Waals surface area (Å²) in [7, 11) is 0. The highest BCUT2D eigenvalue weighted by atomic mass is 16.2. The van der Waals surface area contributed by atoms with Gasteiger partial charge in [-0.05, 0) is 0 Å². The number of hydrogen-bond donors (Lipinski definition) is 2. The van der Waals surface area contributed by atoms with E-state index in [2.05, 4.69) is 6.58 Å². The molecule has 0 saturated carbocycles. The van der Waals surface area contributed by atoms with Crippen molar-refractivity contribution in [2.45, 2.75) is 6.54 Å². The third kappa shape index (κ3) is 0.911. The van der Waals surface area contributed by atoms with Crippen LogP contribution in [0.4, 0.5) is 0 Å². The lowest BCUT2D eigenvalue weighted by Gasteiger charge is -1.97. The van der Waals surface area contributed by atoms with Crippen LogP contribution in [0.3, 0.4) is 0 Å². The zero-order valence-electron chi connectivity index (χ0n) is 6.30. The molecule has 7 nitrogen and oxygen atoms in total. The lowest BCUT2D eigenvalue weighted by molar-refractivity contribution is 0.561. The molecule has 0 aliphatic heterocycles. The Balaban J connectivity index is 3.48. The van der Waals surface area contributed by atoms with Gasteiger partial charge < -0.3 is 11.7 Å². The fourth-order valence-corrected chi connectivity index (χ4v) is 0.800. The van der Waals surface area contributed by atoms with Crippen molar-refractivity contribution in [2.24, 2.45) is 0 Å². The zero-order chi connectivity index (χ0) is 9.30. The highest BCUT2D eigenvalue weighted by Crippen LogP contribution is 1.73. The van der Waals surface area contributed by atoms with Crippen LogP contribution in [0.5, 0.6) is 0 Å². The van der Waals surface area contributed by atoms with Crippen molar-refractivity contribution in [3.8, 4) is 0 Å². The molecule has 12 heavy (non-hydrogen) atoms. The van der Waals surface area contributed by atoms with Crippen molar-refractivity contribution in [1.82, 2.24) is 14.1 Å². The molecule has 0 spiro atoms. The Labute approximate surface area is 67.0 Å². The van der Waals surface area contributed by atoms with Crippen LogP contribution in [-0.4, -0.2) is 14.1 Å². The Hall–Kier alpha value is -1.92. The molecule has 1 heterocycles. The SMILES string of the molecule is C=CCn1c(=O)n(N)c(=O)n1N. The van der Waals surface area contributed by atoms with Crippen molar-refractivity contribution in [3.05, 3.63) is 33.6 Å². The minimum atomic E-state index is -0.762. The van der Waals surface area contributed by atoms with Gasteiger partial charge in [0.1, 0.15) is 0 Å². The molecule has 1 rings (SSSR count). The van der Waals surface area contributed by atoms with Crippen molar-refractivity contribution in [1.29, 1.82) is 0 Å². The van der Waals surface area contributed by atoms with Gasteiger partial charge in [0.05, 0.1) is 6.54 Å². The minimum Gasteiger partial charge on any atom is -0.331 e. The molecule has 0 aliphatic carbocycles. The number of nitrogens with two attached hydrogens (primary N) is 2. The second kappa shape index (κ2) is 2.61. The van der Waals surface area contributed by atoms with Crippen molar-refractivity contribution in [2.75, 3.05) is 11.7 Å². The molecule has 0 unspecified atom stereocenters. The Morgan fingerprint density at radius 3 is 2.25 bits per heavy atom. The summed E-state index contributed by atoms with van der Waals surface area (Å²) < 4.78 is 1.40. The van der Waals surface area contributed by atoms with E-state index in [1.165, 1.54) is 6.08 Å². The summed E-state index contributed by atoms with van der Waals surface area (Å²) in [6, 6.07) is 0. The molecule has 0 saturated heterocycles. The lowest BCUT2D eigenvalue weighted by atomic mass is 10.6. The van der Waals surface area contributed by atoms with Crippen LogP contribution in [-0.2, 0) is 6.54 Å². The highest BCUT2D eigenvalue weighted by Gasteiger charge is 2.08. The number of nitrogen functional groups attached to an aromatic ring is 2. The summed E-state index contributed by atoms with van der Waals surface area (Å²) in [6.45, 7) is 3.54. The largest absolute Gasteiger partial charge is 0.385 e. The fourth-order valence-electron chi connectivity index (χ4n) is 0.800. The summed E-state index contributed by atoms with van der Waals surface area (Å²) >= 11 is 0. The van der Waals surface area contributed by atoms with Crippen molar-refractivity contribution in [3.63, 3.8) is 0 Å². The molecule has 66 valence electrons. The standard InChI is InChI=1S/C5H9N5O2/c1-2-3-8-4(11)9(6)5(12)10(8)7/h2H,1,3,6-7H2. The van der Waals surface area contributed by atoms with Gasteiger partial charge in [0.15, 0.2) is 0 Å². The topological polar surface area (TPSA) is 101 Å². The Morgan fingerprint density at radius 1 is 1.33 bits per heavy atom. The van der Waals surface area contributed by atoms with E-state index in [0.29, 0.717) is 9.47 Å². The fraction of sp³-hybridized carbons (Fsp3) is 0.200. The zero-order valence-corrected chi connectivity index (χ0v) is 6.30. The van der Waals surface area contributed by atoms with E-state index in [0.717, 1.165) is 4.68 Å². The highest BCUT2D eigenvalue weighted by molar-refractivity contribution is 4.77. The average Bonchev–Trinajstić information content (AvgIpc) is 2.23. The monoisotopic (exact) mass is 171 g/mol. The van der Waals surface area contributed by atoms with E-state index in [-0.39, 0.29) is 6.54 Å². The summed E-state index contributed by atoms with van der Waals surface area (Å²) in [5.41, 5.74) is -1.43. The van der Waals surface area contributed by atoms with Gasteiger partial charge in [0.2, 0.25) is 0 Å². The van der Waals surface area contributed by atoms with Crippen LogP contribution in [0.1, 0.15) is 0 Å². The molecule has 0 atom stereocenters. The Morgan fingerprint density at radius 2 is 1.92 bits per heavy atom. The van der Waals surface area contributed by atoms with E-state index in [1.807, 2.05) is 0 Å². The first-order valence-electron chi connectivity index (χ1n) is 3.15. The van der Waals surface area contributed by atoms with E-state index in [9.17, 15) is 9.59 Å². The van der Waals surface area contributed by atoms with Gasteiger partial charge in [-0.3, -0.25) is 0 Å². The first kappa shape index (κ1) is 8.18. The van der Waals surface area contributed by atoms with Crippen LogP contribution in [0.2, 0.25) is 0 Å². The van der Waals surface area contributed by atoms with E-state index in [1.54, 1.807) is 0 Å². The molecule has 1 aromatic rings. The van der Waals surface area contributed by atoms with Gasteiger partial charge in [0, 0.05) is 0 Å². The quantitative estimate of drug-likeness (QED) is 0.377. The first-order valence-corrected chi connectivity index (χ1v) is 3.15. The molecule has 0 aliphatic rings. The summed E-state index contributed by atoms with van der Waals surface area (Å²) in [5.74, 6) is 10.3. The van der Waals surface area contributed by atoms with E-state index < -0.39 is 11.4 Å². The van der Waals surface area contributed by atoms with Gasteiger partial charge in [-0.1, -0.05) is 6.08 Å². The molecule has 0 fully saturated rings. The molecule has 0 radical (unpaired) electrons. The predicted octanol–water partition coefficient (Wildman–Crippen LogP) is -2.57. The van der Waals surface area contributed by atoms with Gasteiger partial charge in [-0.25, -0.2) is 14.3 Å². The molecule has 0 aromatic carbocycles. The summed E-state index contributed by atoms with van der Waals surface area (Å²) in [6.07, 6.45) is 1.43. The predicted molar refractivity (Wildman–Crippen MR) is 43.4 cm³/mol. The van der Waals surface area contributed by atoms with Crippen molar-refractivity contribution < 1.29 is 0 Å². The van der Waals surface area contributed by atoms with E-state index in [4.69, 9.17) is 11.7 Å². The smallest absolute Gasteiger partial charge is 0.331 e. The molecular weight excluding hydrogens is 162 g/mol. The molecule has 1 aromatic heterocycles. The number of rotatable bonds is 2. The first-order chi connectivity index (χ1) is 5.59. The molecule has 0 amide bonds. The molecular formula is C5H9N5O2. The molecule has 0 bridgehead atoms. The molecule has 7 heteroatoms. The normalized spacial score (nSPS) is 10.0. The van der Waals surface area contributed by atoms with Crippen LogP contribution >= 0.6 is 0 Å². The van der Waals surface area contributed by atoms with Gasteiger partial charge in [-0.2, -0.15) is 4.68 Å².